The van der Waals surface area contributed by atoms with Crippen molar-refractivity contribution < 1.29 is 22.6 Å². The Bertz CT molecular complexity index is 669. The highest BCUT2D eigenvalue weighted by atomic mass is 19.4. The van der Waals surface area contributed by atoms with Crippen LogP contribution in [-0.4, -0.2) is 19.4 Å². The van der Waals surface area contributed by atoms with E-state index in [0.29, 0.717) is 0 Å². The zero-order valence-electron chi connectivity index (χ0n) is 12.3. The number of hydrogen-bond donors (Lipinski definition) is 1. The lowest BCUT2D eigenvalue weighted by Gasteiger charge is -2.18. The van der Waals surface area contributed by atoms with Crippen LogP contribution in [0.2, 0.25) is 0 Å². The van der Waals surface area contributed by atoms with Gasteiger partial charge in [-0.15, -0.1) is 0 Å². The molecule has 0 radical (unpaired) electrons. The number of rotatable bonds is 4. The second-order valence-electron chi connectivity index (χ2n) is 5.33. The molecule has 0 aliphatic carbocycles. The summed E-state index contributed by atoms with van der Waals surface area (Å²) in [6.45, 7) is -0.566. The van der Waals surface area contributed by atoms with E-state index in [-0.39, 0.29) is 5.75 Å². The number of hydrogen-bond acceptors (Lipinski definition) is 3. The van der Waals surface area contributed by atoms with Crippen molar-refractivity contribution in [2.75, 3.05) is 18.5 Å². The van der Waals surface area contributed by atoms with Gasteiger partial charge < -0.3 is 14.8 Å². The van der Waals surface area contributed by atoms with Crippen molar-refractivity contribution >= 4 is 11.4 Å². The average molecular weight is 323 g/mol. The number of halogens is 3. The van der Waals surface area contributed by atoms with Crippen LogP contribution in [0, 0.1) is 0 Å². The summed E-state index contributed by atoms with van der Waals surface area (Å²) in [5.41, 5.74) is 2.83. The predicted octanol–water partition coefficient (Wildman–Crippen LogP) is 4.70. The molecule has 0 amide bonds. The van der Waals surface area contributed by atoms with Gasteiger partial charge in [0.2, 0.25) is 0 Å². The summed E-state index contributed by atoms with van der Waals surface area (Å²) in [5.74, 6) is 1.06. The maximum atomic E-state index is 12.1. The molecule has 1 heterocycles. The molecular weight excluding hydrogens is 307 g/mol. The Morgan fingerprint density at radius 3 is 2.52 bits per heavy atom. The molecule has 2 aromatic rings. The van der Waals surface area contributed by atoms with Gasteiger partial charge in [-0.1, -0.05) is 6.07 Å². The summed E-state index contributed by atoms with van der Waals surface area (Å²) in [7, 11) is 0. The third-order valence-corrected chi connectivity index (χ3v) is 3.46. The molecule has 122 valence electrons. The molecular formula is C17H16F3NO2. The lowest BCUT2D eigenvalue weighted by molar-refractivity contribution is -0.153. The van der Waals surface area contributed by atoms with E-state index >= 15 is 0 Å². The minimum atomic E-state index is -4.33. The molecule has 23 heavy (non-hydrogen) atoms. The number of alkyl halides is 3. The van der Waals surface area contributed by atoms with E-state index in [1.165, 1.54) is 17.7 Å². The Morgan fingerprint density at radius 2 is 1.78 bits per heavy atom. The number of ether oxygens (including phenoxy) is 2. The fraction of sp³-hybridized carbons (Fsp3) is 0.294. The normalized spacial score (nSPS) is 13.9. The van der Waals surface area contributed by atoms with Crippen LogP contribution in [0.3, 0.4) is 0 Å². The number of anilines is 2. The van der Waals surface area contributed by atoms with Gasteiger partial charge >= 0.3 is 6.18 Å². The average Bonchev–Trinajstić information content (AvgIpc) is 2.53. The van der Waals surface area contributed by atoms with Crippen LogP contribution in [0.1, 0.15) is 12.0 Å². The Morgan fingerprint density at radius 1 is 1.04 bits per heavy atom. The minimum absolute atomic E-state index is 0.182. The summed E-state index contributed by atoms with van der Waals surface area (Å²) in [6.07, 6.45) is -2.29. The van der Waals surface area contributed by atoms with E-state index in [1.807, 2.05) is 18.2 Å². The number of nitrogens with one attached hydrogen (secondary N) is 1. The molecule has 0 aromatic heterocycles. The third-order valence-electron chi connectivity index (χ3n) is 3.46. The van der Waals surface area contributed by atoms with Crippen LogP contribution >= 0.6 is 0 Å². The molecule has 6 heteroatoms. The topological polar surface area (TPSA) is 30.5 Å². The Kier molecular flexibility index (Phi) is 4.32. The second-order valence-corrected chi connectivity index (χ2v) is 5.33. The van der Waals surface area contributed by atoms with Crippen molar-refractivity contribution in [3.63, 3.8) is 0 Å². The molecule has 0 atom stereocenters. The monoisotopic (exact) mass is 323 g/mol. The molecule has 0 saturated heterocycles. The molecule has 0 unspecified atom stereocenters. The lowest BCUT2D eigenvalue weighted by atomic mass is 10.1. The summed E-state index contributed by atoms with van der Waals surface area (Å²) < 4.78 is 46.6. The summed E-state index contributed by atoms with van der Waals surface area (Å²) in [6, 6.07) is 12.3. The van der Waals surface area contributed by atoms with Crippen molar-refractivity contribution in [3.05, 3.63) is 48.0 Å². The number of benzene rings is 2. The van der Waals surface area contributed by atoms with Crippen LogP contribution in [0.5, 0.6) is 11.5 Å². The second kappa shape index (κ2) is 6.40. The Hall–Kier alpha value is -2.37. The zero-order chi connectivity index (χ0) is 16.3. The van der Waals surface area contributed by atoms with Crippen LogP contribution in [-0.2, 0) is 6.42 Å². The van der Waals surface area contributed by atoms with Crippen LogP contribution in [0.4, 0.5) is 24.5 Å². The largest absolute Gasteiger partial charge is 0.493 e. The van der Waals surface area contributed by atoms with E-state index in [9.17, 15) is 13.2 Å². The first-order valence-corrected chi connectivity index (χ1v) is 7.32. The van der Waals surface area contributed by atoms with E-state index < -0.39 is 12.8 Å². The maximum Gasteiger partial charge on any atom is 0.422 e. The quantitative estimate of drug-likeness (QED) is 0.885. The molecule has 1 aliphatic heterocycles. The van der Waals surface area contributed by atoms with Gasteiger partial charge in [-0.05, 0) is 48.7 Å². The molecule has 0 fully saturated rings. The number of aryl methyl sites for hydroxylation is 1. The van der Waals surface area contributed by atoms with Gasteiger partial charge in [-0.25, -0.2) is 0 Å². The number of fused-ring (bicyclic) bond motifs is 1. The minimum Gasteiger partial charge on any atom is -0.493 e. The van der Waals surface area contributed by atoms with Gasteiger partial charge in [0.15, 0.2) is 6.61 Å². The van der Waals surface area contributed by atoms with Crippen molar-refractivity contribution in [2.45, 2.75) is 19.0 Å². The molecule has 1 N–H and O–H groups in total. The fourth-order valence-electron chi connectivity index (χ4n) is 2.38. The zero-order valence-corrected chi connectivity index (χ0v) is 12.3. The van der Waals surface area contributed by atoms with Gasteiger partial charge in [0.1, 0.15) is 11.5 Å². The van der Waals surface area contributed by atoms with Gasteiger partial charge in [-0.3, -0.25) is 0 Å². The summed E-state index contributed by atoms with van der Waals surface area (Å²) in [4.78, 5) is 0. The van der Waals surface area contributed by atoms with E-state index in [2.05, 4.69) is 10.1 Å². The highest BCUT2D eigenvalue weighted by molar-refractivity contribution is 5.63. The van der Waals surface area contributed by atoms with Crippen LogP contribution in [0.15, 0.2) is 42.5 Å². The first-order valence-electron chi connectivity index (χ1n) is 7.32. The van der Waals surface area contributed by atoms with Crippen molar-refractivity contribution in [1.29, 1.82) is 0 Å². The van der Waals surface area contributed by atoms with Crippen molar-refractivity contribution in [1.82, 2.24) is 0 Å². The third kappa shape index (κ3) is 4.31. The first-order chi connectivity index (χ1) is 11.0. The molecule has 2 aromatic carbocycles. The SMILES string of the molecule is FC(F)(F)COc1ccc(Nc2ccc3c(c2)OCCC3)cc1. The van der Waals surface area contributed by atoms with Gasteiger partial charge in [0.25, 0.3) is 0 Å². The molecule has 1 aliphatic rings. The predicted molar refractivity (Wildman–Crippen MR) is 81.5 cm³/mol. The molecule has 0 bridgehead atoms. The van der Waals surface area contributed by atoms with Gasteiger partial charge in [-0.2, -0.15) is 13.2 Å². The van der Waals surface area contributed by atoms with E-state index in [1.54, 1.807) is 12.1 Å². The smallest absolute Gasteiger partial charge is 0.422 e. The first kappa shape index (κ1) is 15.5. The molecule has 0 spiro atoms. The Labute approximate surface area is 132 Å². The van der Waals surface area contributed by atoms with Gasteiger partial charge in [0, 0.05) is 17.4 Å². The summed E-state index contributed by atoms with van der Waals surface area (Å²) >= 11 is 0. The van der Waals surface area contributed by atoms with Gasteiger partial charge in [0.05, 0.1) is 6.61 Å². The van der Waals surface area contributed by atoms with Crippen LogP contribution in [0.25, 0.3) is 0 Å². The van der Waals surface area contributed by atoms with Crippen LogP contribution < -0.4 is 14.8 Å². The molecule has 3 nitrogen and oxygen atoms in total. The Balaban J connectivity index is 1.64. The molecule has 0 saturated carbocycles. The fourth-order valence-corrected chi connectivity index (χ4v) is 2.38. The van der Waals surface area contributed by atoms with Crippen molar-refractivity contribution in [2.24, 2.45) is 0 Å². The molecule has 3 rings (SSSR count). The summed E-state index contributed by atoms with van der Waals surface area (Å²) in [5, 5.41) is 3.20. The van der Waals surface area contributed by atoms with E-state index in [4.69, 9.17) is 4.74 Å². The standard InChI is InChI=1S/C17H16F3NO2/c18-17(19,20)11-23-15-7-5-13(6-8-15)21-14-4-3-12-2-1-9-22-16(12)10-14/h3-8,10,21H,1-2,9,11H2. The van der Waals surface area contributed by atoms with E-state index in [0.717, 1.165) is 36.6 Å². The lowest BCUT2D eigenvalue weighted by Crippen LogP contribution is -2.19. The highest BCUT2D eigenvalue weighted by Crippen LogP contribution is 2.30. The highest BCUT2D eigenvalue weighted by Gasteiger charge is 2.28. The van der Waals surface area contributed by atoms with Crippen molar-refractivity contribution in [3.8, 4) is 11.5 Å². The maximum absolute atomic E-state index is 12.1.